The van der Waals surface area contributed by atoms with Crippen LogP contribution in [0.25, 0.3) is 10.4 Å². The third kappa shape index (κ3) is 4.82. The molecular weight excluding hydrogens is 390 g/mol. The van der Waals surface area contributed by atoms with Crippen LogP contribution in [0.1, 0.15) is 33.9 Å². The number of anilines is 1. The average Bonchev–Trinajstić information content (AvgIpc) is 3.12. The minimum atomic E-state index is -0.467. The number of ether oxygens (including phenoxy) is 1. The lowest BCUT2D eigenvalue weighted by Crippen LogP contribution is -2.13. The Morgan fingerprint density at radius 1 is 1.04 bits per heavy atom. The zero-order valence-electron chi connectivity index (χ0n) is 15.9. The Kier molecular flexibility index (Phi) is 6.54. The van der Waals surface area contributed by atoms with Crippen LogP contribution in [-0.2, 0) is 4.74 Å². The lowest BCUT2D eigenvalue weighted by molar-refractivity contribution is 0.0607. The van der Waals surface area contributed by atoms with E-state index in [-0.39, 0.29) is 5.91 Å². The molecular formula is C22H21NO3S2. The fraction of sp³-hybridized carbons (Fsp3) is 0.182. The molecule has 0 atom stereocenters. The van der Waals surface area contributed by atoms with Gasteiger partial charge in [-0.1, -0.05) is 44.2 Å². The Balaban J connectivity index is 1.85. The molecule has 28 heavy (non-hydrogen) atoms. The number of thiophene rings is 1. The van der Waals surface area contributed by atoms with Gasteiger partial charge in [0.2, 0.25) is 0 Å². The van der Waals surface area contributed by atoms with Crippen LogP contribution in [0.2, 0.25) is 0 Å². The van der Waals surface area contributed by atoms with Crippen molar-refractivity contribution in [1.82, 2.24) is 0 Å². The molecule has 0 saturated carbocycles. The summed E-state index contributed by atoms with van der Waals surface area (Å²) in [5.41, 5.74) is 1.98. The fourth-order valence-electron chi connectivity index (χ4n) is 2.62. The summed E-state index contributed by atoms with van der Waals surface area (Å²) >= 11 is 3.04. The number of thioether (sulfide) groups is 1. The molecule has 0 aliphatic rings. The lowest BCUT2D eigenvalue weighted by Gasteiger charge is -2.07. The quantitative estimate of drug-likeness (QED) is 0.402. The molecule has 0 saturated heterocycles. The third-order valence-electron chi connectivity index (χ3n) is 3.90. The minimum Gasteiger partial charge on any atom is -0.465 e. The Hall–Kier alpha value is -2.57. The van der Waals surface area contributed by atoms with Crippen molar-refractivity contribution in [3.05, 3.63) is 71.1 Å². The first kappa shape index (κ1) is 20.2. The van der Waals surface area contributed by atoms with E-state index in [2.05, 4.69) is 19.2 Å². The highest BCUT2D eigenvalue weighted by molar-refractivity contribution is 7.99. The van der Waals surface area contributed by atoms with Crippen molar-refractivity contribution in [2.24, 2.45) is 0 Å². The number of nitrogens with one attached hydrogen (secondary N) is 1. The number of amides is 1. The largest absolute Gasteiger partial charge is 0.465 e. The maximum atomic E-state index is 12.7. The Morgan fingerprint density at radius 2 is 1.71 bits per heavy atom. The molecule has 2 aromatic carbocycles. The monoisotopic (exact) mass is 411 g/mol. The van der Waals surface area contributed by atoms with Gasteiger partial charge in [0.15, 0.2) is 0 Å². The molecule has 0 aliphatic heterocycles. The van der Waals surface area contributed by atoms with E-state index < -0.39 is 5.97 Å². The van der Waals surface area contributed by atoms with Gasteiger partial charge < -0.3 is 10.1 Å². The van der Waals surface area contributed by atoms with E-state index in [0.29, 0.717) is 21.4 Å². The number of hydrogen-bond donors (Lipinski definition) is 1. The number of benzene rings is 2. The molecule has 1 aromatic heterocycles. The molecule has 0 aliphatic carbocycles. The van der Waals surface area contributed by atoms with Crippen LogP contribution in [-0.4, -0.2) is 24.2 Å². The van der Waals surface area contributed by atoms with Crippen molar-refractivity contribution in [3.8, 4) is 10.4 Å². The van der Waals surface area contributed by atoms with Crippen molar-refractivity contribution in [1.29, 1.82) is 0 Å². The van der Waals surface area contributed by atoms with Crippen LogP contribution in [0.4, 0.5) is 5.69 Å². The van der Waals surface area contributed by atoms with Gasteiger partial charge in [-0.25, -0.2) is 4.79 Å². The number of rotatable bonds is 6. The summed E-state index contributed by atoms with van der Waals surface area (Å²) < 4.78 is 4.88. The van der Waals surface area contributed by atoms with Crippen LogP contribution < -0.4 is 5.32 Å². The smallest absolute Gasteiger partial charge is 0.350 e. The summed E-state index contributed by atoms with van der Waals surface area (Å²) in [6.07, 6.45) is 0. The van der Waals surface area contributed by atoms with Crippen LogP contribution >= 0.6 is 23.1 Å². The normalized spacial score (nSPS) is 10.7. The molecule has 0 spiro atoms. The Morgan fingerprint density at radius 3 is 2.32 bits per heavy atom. The summed E-state index contributed by atoms with van der Waals surface area (Å²) in [6, 6.07) is 19.0. The number of carbonyl (C=O) groups is 2. The predicted molar refractivity (Wildman–Crippen MR) is 116 cm³/mol. The van der Waals surface area contributed by atoms with Gasteiger partial charge in [-0.2, -0.15) is 0 Å². The lowest BCUT2D eigenvalue weighted by atomic mass is 10.2. The van der Waals surface area contributed by atoms with Gasteiger partial charge in [0.05, 0.1) is 12.8 Å². The highest BCUT2D eigenvalue weighted by atomic mass is 32.2. The van der Waals surface area contributed by atoms with Crippen LogP contribution in [0, 0.1) is 0 Å². The molecule has 3 rings (SSSR count). The van der Waals surface area contributed by atoms with Gasteiger partial charge in [0.1, 0.15) is 4.88 Å². The fourth-order valence-corrected chi connectivity index (χ4v) is 4.50. The van der Waals surface area contributed by atoms with Crippen LogP contribution in [0.5, 0.6) is 0 Å². The standard InChI is InChI=1S/C22H21NO3S2/c1-14(2)27-17-11-9-16(10-12-17)21(24)23-18-13-19(15-7-5-4-6-8-15)28-20(18)22(25)26-3/h4-14H,1-3H3,(H,23,24). The SMILES string of the molecule is COC(=O)c1sc(-c2ccccc2)cc1NC(=O)c1ccc(SC(C)C)cc1. The average molecular weight is 412 g/mol. The first-order chi connectivity index (χ1) is 13.5. The van der Waals surface area contributed by atoms with Crippen molar-refractivity contribution < 1.29 is 14.3 Å². The highest BCUT2D eigenvalue weighted by Gasteiger charge is 2.20. The van der Waals surface area contributed by atoms with E-state index in [4.69, 9.17) is 4.74 Å². The number of hydrogen-bond acceptors (Lipinski definition) is 5. The summed E-state index contributed by atoms with van der Waals surface area (Å²) in [5, 5.41) is 3.33. The minimum absolute atomic E-state index is 0.260. The molecule has 0 radical (unpaired) electrons. The summed E-state index contributed by atoms with van der Waals surface area (Å²) in [4.78, 5) is 27.2. The van der Waals surface area contributed by atoms with E-state index in [1.54, 1.807) is 23.9 Å². The van der Waals surface area contributed by atoms with Gasteiger partial charge in [0, 0.05) is 20.6 Å². The Bertz CT molecular complexity index is 963. The molecule has 0 unspecified atom stereocenters. The summed E-state index contributed by atoms with van der Waals surface area (Å²) in [7, 11) is 1.33. The number of esters is 1. The first-order valence-corrected chi connectivity index (χ1v) is 10.5. The molecule has 3 aromatic rings. The maximum Gasteiger partial charge on any atom is 0.350 e. The zero-order chi connectivity index (χ0) is 20.1. The van der Waals surface area contributed by atoms with Gasteiger partial charge in [-0.3, -0.25) is 4.79 Å². The molecule has 1 amide bonds. The second-order valence-electron chi connectivity index (χ2n) is 6.36. The number of carbonyl (C=O) groups excluding carboxylic acids is 2. The first-order valence-electron chi connectivity index (χ1n) is 8.83. The van der Waals surface area contributed by atoms with Crippen molar-refractivity contribution >= 4 is 40.7 Å². The predicted octanol–water partition coefficient (Wildman–Crippen LogP) is 5.95. The van der Waals surface area contributed by atoms with Gasteiger partial charge >= 0.3 is 5.97 Å². The molecule has 1 heterocycles. The van der Waals surface area contributed by atoms with E-state index in [0.717, 1.165) is 15.3 Å². The van der Waals surface area contributed by atoms with Crippen molar-refractivity contribution in [2.75, 3.05) is 12.4 Å². The van der Waals surface area contributed by atoms with Gasteiger partial charge in [-0.15, -0.1) is 23.1 Å². The topological polar surface area (TPSA) is 55.4 Å². The molecule has 1 N–H and O–H groups in total. The second-order valence-corrected chi connectivity index (χ2v) is 9.06. The van der Waals surface area contributed by atoms with Crippen molar-refractivity contribution in [2.45, 2.75) is 24.0 Å². The Labute approximate surface area is 172 Å². The second kappa shape index (κ2) is 9.08. The van der Waals surface area contributed by atoms with Gasteiger partial charge in [-0.05, 0) is 35.9 Å². The molecule has 0 bridgehead atoms. The third-order valence-corrected chi connectivity index (χ3v) is 6.08. The van der Waals surface area contributed by atoms with E-state index in [1.807, 2.05) is 48.5 Å². The van der Waals surface area contributed by atoms with E-state index in [9.17, 15) is 9.59 Å². The van der Waals surface area contributed by atoms with Crippen molar-refractivity contribution in [3.63, 3.8) is 0 Å². The van der Waals surface area contributed by atoms with E-state index >= 15 is 0 Å². The van der Waals surface area contributed by atoms with Crippen LogP contribution in [0.3, 0.4) is 0 Å². The highest BCUT2D eigenvalue weighted by Crippen LogP contribution is 2.35. The summed E-state index contributed by atoms with van der Waals surface area (Å²) in [6.45, 7) is 4.25. The molecule has 144 valence electrons. The number of methoxy groups -OCH3 is 1. The zero-order valence-corrected chi connectivity index (χ0v) is 17.5. The molecule has 6 heteroatoms. The molecule has 0 fully saturated rings. The van der Waals surface area contributed by atoms with E-state index in [1.165, 1.54) is 18.4 Å². The molecule has 4 nitrogen and oxygen atoms in total. The maximum absolute atomic E-state index is 12.7. The summed E-state index contributed by atoms with van der Waals surface area (Å²) in [5.74, 6) is -0.727. The van der Waals surface area contributed by atoms with Gasteiger partial charge in [0.25, 0.3) is 5.91 Å². The van der Waals surface area contributed by atoms with Crippen LogP contribution in [0.15, 0.2) is 65.6 Å².